The Balaban J connectivity index is 1.47. The number of Topliss-reactive ketones (excluding diaryl/α,β-unsaturated/α-hetero) is 1. The number of halogens is 3. The molecular formula is C27H21ClF2N4O4. The van der Waals surface area contributed by atoms with Crippen LogP contribution in [0.2, 0.25) is 5.02 Å². The lowest BCUT2D eigenvalue weighted by atomic mass is 10.0. The number of ether oxygens (including phenoxy) is 2. The van der Waals surface area contributed by atoms with Crippen LogP contribution in [-0.4, -0.2) is 35.5 Å². The van der Waals surface area contributed by atoms with Crippen molar-refractivity contribution in [2.75, 3.05) is 30.8 Å². The van der Waals surface area contributed by atoms with E-state index in [0.717, 1.165) is 6.07 Å². The number of likely N-dealkylation sites (N-methyl/N-ethyl adjacent to an activating group) is 1. The molecule has 0 atom stereocenters. The van der Waals surface area contributed by atoms with Gasteiger partial charge in [-0.1, -0.05) is 17.7 Å². The number of hydrogen-bond donors (Lipinski definition) is 1. The summed E-state index contributed by atoms with van der Waals surface area (Å²) in [5.41, 5.74) is 5.62. The van der Waals surface area contributed by atoms with E-state index in [0.29, 0.717) is 36.0 Å². The molecule has 0 saturated heterocycles. The molecule has 0 saturated carbocycles. The van der Waals surface area contributed by atoms with E-state index in [1.165, 1.54) is 59.3 Å². The van der Waals surface area contributed by atoms with Crippen LogP contribution in [0.4, 0.5) is 20.4 Å². The summed E-state index contributed by atoms with van der Waals surface area (Å²) in [6.45, 7) is 0.879. The Morgan fingerprint density at radius 2 is 1.89 bits per heavy atom. The van der Waals surface area contributed by atoms with Crippen LogP contribution in [0.3, 0.4) is 0 Å². The minimum atomic E-state index is -0.735. The summed E-state index contributed by atoms with van der Waals surface area (Å²) >= 11 is 6.06. The Hall–Kier alpha value is -4.44. The SMILES string of the molecule is CN1CCOc2cc(C(=O)Cc3ccc(Oc4ccnc(N)c4Cl)c(F)c3)c(=O)n(-c3ccc(F)cc3)c21. The monoisotopic (exact) mass is 538 g/mol. The number of nitrogens with zero attached hydrogens (tertiary/aromatic N) is 3. The summed E-state index contributed by atoms with van der Waals surface area (Å²) in [4.78, 5) is 32.5. The maximum atomic E-state index is 14.8. The van der Waals surface area contributed by atoms with E-state index in [2.05, 4.69) is 4.98 Å². The summed E-state index contributed by atoms with van der Waals surface area (Å²) < 4.78 is 41.0. The second-order valence-corrected chi connectivity index (χ2v) is 8.99. The van der Waals surface area contributed by atoms with Crippen molar-refractivity contribution in [1.29, 1.82) is 0 Å². The van der Waals surface area contributed by atoms with Gasteiger partial charge < -0.3 is 20.1 Å². The van der Waals surface area contributed by atoms with Crippen molar-refractivity contribution in [2.24, 2.45) is 0 Å². The normalized spacial score (nSPS) is 12.6. The molecular weight excluding hydrogens is 518 g/mol. The van der Waals surface area contributed by atoms with Gasteiger partial charge in [0.2, 0.25) is 0 Å². The highest BCUT2D eigenvalue weighted by Crippen LogP contribution is 2.34. The zero-order valence-electron chi connectivity index (χ0n) is 20.1. The molecule has 0 unspecified atom stereocenters. The third-order valence-electron chi connectivity index (χ3n) is 6.03. The van der Waals surface area contributed by atoms with Gasteiger partial charge in [0.1, 0.15) is 23.3 Å². The molecule has 5 rings (SSSR count). The van der Waals surface area contributed by atoms with Crippen molar-refractivity contribution in [1.82, 2.24) is 9.55 Å². The number of fused-ring (bicyclic) bond motifs is 1. The fraction of sp³-hybridized carbons (Fsp3) is 0.148. The first-order valence-corrected chi connectivity index (χ1v) is 11.9. The van der Waals surface area contributed by atoms with Gasteiger partial charge in [-0.2, -0.15) is 0 Å². The van der Waals surface area contributed by atoms with Crippen LogP contribution in [0.25, 0.3) is 5.69 Å². The van der Waals surface area contributed by atoms with Gasteiger partial charge in [0.25, 0.3) is 5.56 Å². The third kappa shape index (κ3) is 4.78. The molecule has 11 heteroatoms. The highest BCUT2D eigenvalue weighted by atomic mass is 35.5. The Bertz CT molecular complexity index is 1610. The summed E-state index contributed by atoms with van der Waals surface area (Å²) in [7, 11) is 1.79. The zero-order chi connectivity index (χ0) is 27.0. The molecule has 3 heterocycles. The molecule has 2 N–H and O–H groups in total. The van der Waals surface area contributed by atoms with Gasteiger partial charge in [0, 0.05) is 31.8 Å². The molecule has 0 amide bonds. The van der Waals surface area contributed by atoms with Crippen molar-refractivity contribution >= 4 is 29.0 Å². The third-order valence-corrected chi connectivity index (χ3v) is 6.41. The molecule has 1 aliphatic rings. The highest BCUT2D eigenvalue weighted by Gasteiger charge is 2.26. The van der Waals surface area contributed by atoms with Gasteiger partial charge in [-0.3, -0.25) is 14.2 Å². The maximum Gasteiger partial charge on any atom is 0.267 e. The minimum absolute atomic E-state index is 0.0401. The van der Waals surface area contributed by atoms with Crippen LogP contribution in [-0.2, 0) is 6.42 Å². The summed E-state index contributed by atoms with van der Waals surface area (Å²) in [5.74, 6) is -0.902. The first kappa shape index (κ1) is 25.2. The van der Waals surface area contributed by atoms with E-state index in [4.69, 9.17) is 26.8 Å². The van der Waals surface area contributed by atoms with E-state index in [1.807, 2.05) is 4.90 Å². The van der Waals surface area contributed by atoms with Crippen molar-refractivity contribution in [3.8, 4) is 22.9 Å². The van der Waals surface area contributed by atoms with Gasteiger partial charge in [-0.25, -0.2) is 13.8 Å². The van der Waals surface area contributed by atoms with Gasteiger partial charge in [-0.15, -0.1) is 0 Å². The molecule has 2 aromatic heterocycles. The smallest absolute Gasteiger partial charge is 0.267 e. The van der Waals surface area contributed by atoms with E-state index in [-0.39, 0.29) is 34.3 Å². The van der Waals surface area contributed by atoms with Crippen molar-refractivity contribution < 1.29 is 23.0 Å². The molecule has 0 aliphatic carbocycles. The first-order valence-electron chi connectivity index (χ1n) is 11.5. The van der Waals surface area contributed by atoms with Gasteiger partial charge >= 0.3 is 0 Å². The molecule has 194 valence electrons. The molecule has 1 aliphatic heterocycles. The van der Waals surface area contributed by atoms with Gasteiger partial charge in [-0.05, 0) is 42.0 Å². The number of carbonyl (C=O) groups excluding carboxylic acids is 1. The summed E-state index contributed by atoms with van der Waals surface area (Å²) in [6.07, 6.45) is 1.12. The van der Waals surface area contributed by atoms with Crippen LogP contribution < -0.4 is 25.7 Å². The van der Waals surface area contributed by atoms with E-state index < -0.39 is 23.0 Å². The number of anilines is 2. The van der Waals surface area contributed by atoms with Crippen molar-refractivity contribution in [3.63, 3.8) is 0 Å². The molecule has 0 fully saturated rings. The molecule has 0 bridgehead atoms. The fourth-order valence-electron chi connectivity index (χ4n) is 4.13. The predicted octanol–water partition coefficient (Wildman–Crippen LogP) is 4.79. The van der Waals surface area contributed by atoms with Crippen molar-refractivity contribution in [3.05, 3.63) is 98.9 Å². The lowest BCUT2D eigenvalue weighted by Gasteiger charge is -2.30. The highest BCUT2D eigenvalue weighted by molar-refractivity contribution is 6.34. The van der Waals surface area contributed by atoms with Crippen LogP contribution >= 0.6 is 11.6 Å². The standard InChI is InChI=1S/C27H21ClF2N4O4/c1-33-10-11-37-23-14-18(27(36)34(26(23)33)17-5-3-16(29)4-6-17)20(35)13-15-2-7-21(19(30)12-15)38-22-8-9-32-25(31)24(22)28/h2-9,12,14H,10-11,13H2,1H3,(H2,31,32). The second kappa shape index (κ2) is 10.1. The first-order chi connectivity index (χ1) is 18.2. The Kier molecular flexibility index (Phi) is 6.73. The molecule has 2 aromatic carbocycles. The zero-order valence-corrected chi connectivity index (χ0v) is 20.8. The number of rotatable bonds is 6. The van der Waals surface area contributed by atoms with Gasteiger partial charge in [0.05, 0.1) is 17.8 Å². The van der Waals surface area contributed by atoms with Gasteiger partial charge in [0.15, 0.2) is 34.7 Å². The molecule has 0 radical (unpaired) electrons. The average Bonchev–Trinajstić information content (AvgIpc) is 2.89. The molecule has 0 spiro atoms. The van der Waals surface area contributed by atoms with Crippen molar-refractivity contribution in [2.45, 2.75) is 6.42 Å². The number of aromatic nitrogens is 2. The number of carbonyl (C=O) groups is 1. The van der Waals surface area contributed by atoms with Crippen LogP contribution in [0.15, 0.2) is 65.6 Å². The number of benzene rings is 2. The topological polar surface area (TPSA) is 99.7 Å². The minimum Gasteiger partial charge on any atom is -0.488 e. The molecule has 8 nitrogen and oxygen atoms in total. The largest absolute Gasteiger partial charge is 0.488 e. The maximum absolute atomic E-state index is 14.8. The lowest BCUT2D eigenvalue weighted by molar-refractivity contribution is 0.0990. The van der Waals surface area contributed by atoms with Crippen LogP contribution in [0, 0.1) is 11.6 Å². The Labute approximate surface area is 220 Å². The van der Waals surface area contributed by atoms with Crippen LogP contribution in [0.5, 0.6) is 17.2 Å². The predicted molar refractivity (Wildman–Crippen MR) is 139 cm³/mol. The summed E-state index contributed by atoms with van der Waals surface area (Å²) in [6, 6.07) is 12.2. The number of nitrogen functional groups attached to an aromatic ring is 1. The molecule has 38 heavy (non-hydrogen) atoms. The Morgan fingerprint density at radius 3 is 2.63 bits per heavy atom. The second-order valence-electron chi connectivity index (χ2n) is 8.61. The Morgan fingerprint density at radius 1 is 1.13 bits per heavy atom. The molecule has 4 aromatic rings. The van der Waals surface area contributed by atoms with E-state index >= 15 is 0 Å². The quantitative estimate of drug-likeness (QED) is 0.352. The lowest BCUT2D eigenvalue weighted by Crippen LogP contribution is -2.37. The van der Waals surface area contributed by atoms with Crippen LogP contribution in [0.1, 0.15) is 15.9 Å². The number of ketones is 1. The number of hydrogen-bond acceptors (Lipinski definition) is 7. The average molecular weight is 539 g/mol. The van der Waals surface area contributed by atoms with E-state index in [1.54, 1.807) is 7.05 Å². The number of nitrogens with two attached hydrogens (primary N) is 1. The summed E-state index contributed by atoms with van der Waals surface area (Å²) in [5, 5.41) is 0.0452. The van der Waals surface area contributed by atoms with E-state index in [9.17, 15) is 18.4 Å². The fourth-order valence-corrected chi connectivity index (χ4v) is 4.28. The number of pyridine rings is 2.